The van der Waals surface area contributed by atoms with Crippen LogP contribution in [0.3, 0.4) is 0 Å². The second kappa shape index (κ2) is 4.27. The summed E-state index contributed by atoms with van der Waals surface area (Å²) in [7, 11) is 0. The normalized spacial score (nSPS) is 33.0. The highest BCUT2D eigenvalue weighted by Gasteiger charge is 2.44. The number of halogens is 1. The van der Waals surface area contributed by atoms with Crippen molar-refractivity contribution in [1.29, 1.82) is 0 Å². The number of benzene rings is 1. The van der Waals surface area contributed by atoms with Gasteiger partial charge in [0.1, 0.15) is 0 Å². The molecule has 4 atom stereocenters. The van der Waals surface area contributed by atoms with E-state index >= 15 is 0 Å². The average molecular weight is 253 g/mol. The number of rotatable bonds is 2. The lowest BCUT2D eigenvalue weighted by Gasteiger charge is -2.24. The number of hydrogen-bond donors (Lipinski definition) is 1. The molecule has 0 saturated carbocycles. The van der Waals surface area contributed by atoms with E-state index < -0.39 is 6.10 Å². The van der Waals surface area contributed by atoms with Crippen LogP contribution in [-0.4, -0.2) is 17.3 Å². The van der Waals surface area contributed by atoms with Crippen LogP contribution >= 0.6 is 11.6 Å². The number of aliphatic hydroxyl groups excluding tert-OH is 1. The summed E-state index contributed by atoms with van der Waals surface area (Å²) in [4.78, 5) is 0. The molecule has 2 heterocycles. The van der Waals surface area contributed by atoms with E-state index in [1.165, 1.54) is 0 Å². The maximum atomic E-state index is 10.4. The minimum absolute atomic E-state index is 0.243. The van der Waals surface area contributed by atoms with Crippen LogP contribution in [0.5, 0.6) is 0 Å². The van der Waals surface area contributed by atoms with Gasteiger partial charge in [0.25, 0.3) is 0 Å². The van der Waals surface area contributed by atoms with Crippen molar-refractivity contribution in [2.45, 2.75) is 44.5 Å². The van der Waals surface area contributed by atoms with Gasteiger partial charge < -0.3 is 9.84 Å². The molecule has 1 aromatic carbocycles. The standard InChI is InChI=1S/C14H17ClO2/c1-8-2-3-9(6-12(8)15)14(16)11-7-10-4-5-13(11)17-10/h2-3,6,10-11,13-14,16H,4-5,7H2,1H3. The molecule has 17 heavy (non-hydrogen) atoms. The van der Waals surface area contributed by atoms with Crippen molar-refractivity contribution in [3.63, 3.8) is 0 Å². The molecule has 0 aliphatic carbocycles. The Hall–Kier alpha value is -0.570. The second-order valence-electron chi connectivity index (χ2n) is 5.23. The molecule has 2 nitrogen and oxygen atoms in total. The van der Waals surface area contributed by atoms with E-state index in [1.54, 1.807) is 0 Å². The topological polar surface area (TPSA) is 29.5 Å². The molecule has 92 valence electrons. The molecular weight excluding hydrogens is 236 g/mol. The van der Waals surface area contributed by atoms with E-state index in [-0.39, 0.29) is 12.0 Å². The van der Waals surface area contributed by atoms with Crippen molar-refractivity contribution in [3.05, 3.63) is 34.3 Å². The molecule has 0 amide bonds. The molecule has 1 aromatic rings. The summed E-state index contributed by atoms with van der Waals surface area (Å²) in [5, 5.41) is 11.1. The fourth-order valence-electron chi connectivity index (χ4n) is 3.05. The van der Waals surface area contributed by atoms with E-state index in [9.17, 15) is 5.11 Å². The zero-order valence-corrected chi connectivity index (χ0v) is 10.7. The first kappa shape index (κ1) is 11.5. The number of hydrogen-bond acceptors (Lipinski definition) is 2. The Labute approximate surface area is 107 Å². The summed E-state index contributed by atoms with van der Waals surface area (Å²) >= 11 is 6.10. The van der Waals surface area contributed by atoms with Gasteiger partial charge in [-0.15, -0.1) is 0 Å². The van der Waals surface area contributed by atoms with Crippen LogP contribution in [0.25, 0.3) is 0 Å². The van der Waals surface area contributed by atoms with Crippen LogP contribution in [0.4, 0.5) is 0 Å². The molecule has 0 aromatic heterocycles. The van der Waals surface area contributed by atoms with Gasteiger partial charge in [-0.05, 0) is 43.4 Å². The Morgan fingerprint density at radius 3 is 2.82 bits per heavy atom. The molecule has 2 bridgehead atoms. The highest BCUT2D eigenvalue weighted by atomic mass is 35.5. The van der Waals surface area contributed by atoms with E-state index in [0.29, 0.717) is 6.10 Å². The molecule has 2 saturated heterocycles. The first-order chi connectivity index (χ1) is 8.15. The van der Waals surface area contributed by atoms with Crippen LogP contribution in [0.1, 0.15) is 36.5 Å². The number of aryl methyl sites for hydroxylation is 1. The summed E-state index contributed by atoms with van der Waals surface area (Å²) in [5.41, 5.74) is 1.97. The summed E-state index contributed by atoms with van der Waals surface area (Å²) in [6.07, 6.45) is 3.41. The Morgan fingerprint density at radius 2 is 2.24 bits per heavy atom. The van der Waals surface area contributed by atoms with Crippen LogP contribution in [-0.2, 0) is 4.74 Å². The van der Waals surface area contributed by atoms with Gasteiger partial charge in [0.05, 0.1) is 18.3 Å². The van der Waals surface area contributed by atoms with Crippen molar-refractivity contribution in [2.24, 2.45) is 5.92 Å². The van der Waals surface area contributed by atoms with Gasteiger partial charge in [-0.25, -0.2) is 0 Å². The van der Waals surface area contributed by atoms with E-state index in [0.717, 1.165) is 35.4 Å². The van der Waals surface area contributed by atoms with Crippen LogP contribution in [0.15, 0.2) is 18.2 Å². The molecule has 1 N–H and O–H groups in total. The quantitative estimate of drug-likeness (QED) is 0.876. The van der Waals surface area contributed by atoms with Gasteiger partial charge in [0.15, 0.2) is 0 Å². The van der Waals surface area contributed by atoms with Crippen molar-refractivity contribution in [3.8, 4) is 0 Å². The van der Waals surface area contributed by atoms with E-state index in [2.05, 4.69) is 0 Å². The molecule has 3 heteroatoms. The number of aliphatic hydroxyl groups is 1. The minimum Gasteiger partial charge on any atom is -0.388 e. The lowest BCUT2D eigenvalue weighted by molar-refractivity contribution is 0.0423. The van der Waals surface area contributed by atoms with E-state index in [4.69, 9.17) is 16.3 Å². The Balaban J connectivity index is 1.81. The lowest BCUT2D eigenvalue weighted by Crippen LogP contribution is -2.23. The highest BCUT2D eigenvalue weighted by Crippen LogP contribution is 2.44. The molecule has 4 unspecified atom stereocenters. The van der Waals surface area contributed by atoms with Gasteiger partial charge in [-0.1, -0.05) is 23.7 Å². The molecule has 0 spiro atoms. The third-order valence-electron chi connectivity index (χ3n) is 4.10. The van der Waals surface area contributed by atoms with Crippen LogP contribution in [0, 0.1) is 12.8 Å². The zero-order valence-electron chi connectivity index (χ0n) is 9.90. The first-order valence-electron chi connectivity index (χ1n) is 6.24. The summed E-state index contributed by atoms with van der Waals surface area (Å²) in [5.74, 6) is 0.243. The molecule has 2 aliphatic rings. The second-order valence-corrected chi connectivity index (χ2v) is 5.63. The Bertz CT molecular complexity index is 432. The highest BCUT2D eigenvalue weighted by molar-refractivity contribution is 6.31. The van der Waals surface area contributed by atoms with Crippen LogP contribution in [0.2, 0.25) is 5.02 Å². The monoisotopic (exact) mass is 252 g/mol. The molecule has 3 rings (SSSR count). The van der Waals surface area contributed by atoms with Gasteiger partial charge in [-0.3, -0.25) is 0 Å². The number of ether oxygens (including phenoxy) is 1. The summed E-state index contributed by atoms with van der Waals surface area (Å²) in [6, 6.07) is 5.82. The predicted molar refractivity (Wildman–Crippen MR) is 67.2 cm³/mol. The van der Waals surface area contributed by atoms with Crippen molar-refractivity contribution >= 4 is 11.6 Å². The SMILES string of the molecule is Cc1ccc(C(O)C2CC3CCC2O3)cc1Cl. The molecule has 0 radical (unpaired) electrons. The summed E-state index contributed by atoms with van der Waals surface area (Å²) < 4.78 is 5.79. The summed E-state index contributed by atoms with van der Waals surface area (Å²) in [6.45, 7) is 1.97. The maximum Gasteiger partial charge on any atom is 0.0844 e. The largest absolute Gasteiger partial charge is 0.388 e. The van der Waals surface area contributed by atoms with Gasteiger partial charge in [0.2, 0.25) is 0 Å². The van der Waals surface area contributed by atoms with Gasteiger partial charge in [0, 0.05) is 10.9 Å². The third kappa shape index (κ3) is 1.99. The minimum atomic E-state index is -0.441. The van der Waals surface area contributed by atoms with Crippen molar-refractivity contribution in [2.75, 3.05) is 0 Å². The lowest BCUT2D eigenvalue weighted by atomic mass is 9.82. The van der Waals surface area contributed by atoms with Crippen molar-refractivity contribution in [1.82, 2.24) is 0 Å². The smallest absolute Gasteiger partial charge is 0.0844 e. The molecule has 2 aliphatic heterocycles. The number of fused-ring (bicyclic) bond motifs is 2. The maximum absolute atomic E-state index is 10.4. The fraction of sp³-hybridized carbons (Fsp3) is 0.571. The third-order valence-corrected chi connectivity index (χ3v) is 4.50. The van der Waals surface area contributed by atoms with Gasteiger partial charge >= 0.3 is 0 Å². The fourth-order valence-corrected chi connectivity index (χ4v) is 3.24. The van der Waals surface area contributed by atoms with Crippen molar-refractivity contribution < 1.29 is 9.84 Å². The Morgan fingerprint density at radius 1 is 1.41 bits per heavy atom. The zero-order chi connectivity index (χ0) is 12.0. The molecular formula is C14H17ClO2. The average Bonchev–Trinajstić information content (AvgIpc) is 2.93. The molecule has 2 fully saturated rings. The Kier molecular flexibility index (Phi) is 2.89. The van der Waals surface area contributed by atoms with E-state index in [1.807, 2.05) is 25.1 Å². The predicted octanol–water partition coefficient (Wildman–Crippen LogP) is 3.25. The van der Waals surface area contributed by atoms with Crippen LogP contribution < -0.4 is 0 Å². The van der Waals surface area contributed by atoms with Gasteiger partial charge in [-0.2, -0.15) is 0 Å². The first-order valence-corrected chi connectivity index (χ1v) is 6.62.